The molecule has 2 aromatic carbocycles. The summed E-state index contributed by atoms with van der Waals surface area (Å²) in [5, 5.41) is 10.9. The molecule has 0 aliphatic heterocycles. The monoisotopic (exact) mass is 361 g/mol. The van der Waals surface area contributed by atoms with E-state index in [9.17, 15) is 4.79 Å². The lowest BCUT2D eigenvalue weighted by Crippen LogP contribution is -2.06. The molecule has 0 atom stereocenters. The average Bonchev–Trinajstić information content (AvgIpc) is 3.39. The smallest absolute Gasteiger partial charge is 0.338 e. The fourth-order valence-corrected chi connectivity index (χ4v) is 2.45. The Morgan fingerprint density at radius 3 is 2.59 bits per heavy atom. The fraction of sp³-hybridized carbons (Fsp3) is 0.105. The van der Waals surface area contributed by atoms with Crippen LogP contribution < -0.4 is 0 Å². The Bertz CT molecular complexity index is 1040. The first-order valence-electron chi connectivity index (χ1n) is 8.21. The van der Waals surface area contributed by atoms with Crippen molar-refractivity contribution in [3.8, 4) is 17.1 Å². The number of esters is 1. The van der Waals surface area contributed by atoms with Crippen LogP contribution >= 0.6 is 0 Å². The van der Waals surface area contributed by atoms with Crippen LogP contribution in [0.3, 0.4) is 0 Å². The standard InChI is InChI=1S/C19H15N5O3/c1-13-2-4-14(5-3-13)18-21-16(10-26-18)11-27-19(25)15-6-8-17(9-7-15)24-12-20-22-23-24/h2-10,12H,11H2,1H3. The molecule has 0 saturated heterocycles. The molecule has 0 aliphatic rings. The number of oxazole rings is 1. The van der Waals surface area contributed by atoms with E-state index in [1.807, 2.05) is 31.2 Å². The molecular formula is C19H15N5O3. The number of hydrogen-bond acceptors (Lipinski definition) is 7. The predicted octanol–water partition coefficient (Wildman–Crippen LogP) is 2.98. The van der Waals surface area contributed by atoms with Crippen LogP contribution in [0.5, 0.6) is 0 Å². The zero-order valence-corrected chi connectivity index (χ0v) is 14.4. The van der Waals surface area contributed by atoms with Crippen LogP contribution in [0.2, 0.25) is 0 Å². The number of carbonyl (C=O) groups excluding carboxylic acids is 1. The molecule has 2 aromatic heterocycles. The Morgan fingerprint density at radius 2 is 1.89 bits per heavy atom. The van der Waals surface area contributed by atoms with E-state index in [1.165, 1.54) is 17.3 Å². The highest BCUT2D eigenvalue weighted by Crippen LogP contribution is 2.19. The summed E-state index contributed by atoms with van der Waals surface area (Å²) in [6.45, 7) is 2.04. The van der Waals surface area contributed by atoms with Gasteiger partial charge in [-0.3, -0.25) is 0 Å². The molecular weight excluding hydrogens is 346 g/mol. The zero-order valence-electron chi connectivity index (χ0n) is 14.4. The van der Waals surface area contributed by atoms with Gasteiger partial charge in [-0.2, -0.15) is 0 Å². The molecule has 0 aliphatic carbocycles. The average molecular weight is 361 g/mol. The van der Waals surface area contributed by atoms with E-state index in [-0.39, 0.29) is 6.61 Å². The van der Waals surface area contributed by atoms with Crippen molar-refractivity contribution in [3.05, 3.63) is 77.9 Å². The van der Waals surface area contributed by atoms with Crippen LogP contribution in [-0.4, -0.2) is 31.2 Å². The molecule has 0 N–H and O–H groups in total. The molecule has 27 heavy (non-hydrogen) atoms. The third kappa shape index (κ3) is 3.74. The van der Waals surface area contributed by atoms with Crippen molar-refractivity contribution in [1.29, 1.82) is 0 Å². The molecule has 0 radical (unpaired) electrons. The quantitative estimate of drug-likeness (QED) is 0.504. The Labute approximate surface area is 154 Å². The number of carbonyl (C=O) groups is 1. The maximum Gasteiger partial charge on any atom is 0.338 e. The highest BCUT2D eigenvalue weighted by Gasteiger charge is 2.11. The van der Waals surface area contributed by atoms with Gasteiger partial charge in [-0.1, -0.05) is 17.7 Å². The highest BCUT2D eigenvalue weighted by atomic mass is 16.5. The van der Waals surface area contributed by atoms with Gasteiger partial charge < -0.3 is 9.15 Å². The van der Waals surface area contributed by atoms with Gasteiger partial charge in [0.2, 0.25) is 5.89 Å². The Hall–Kier alpha value is -3.81. The molecule has 0 saturated carbocycles. The summed E-state index contributed by atoms with van der Waals surface area (Å²) in [6.07, 6.45) is 2.97. The lowest BCUT2D eigenvalue weighted by atomic mass is 10.1. The van der Waals surface area contributed by atoms with Gasteiger partial charge >= 0.3 is 5.97 Å². The van der Waals surface area contributed by atoms with Crippen LogP contribution in [0.15, 0.2) is 65.5 Å². The molecule has 0 bridgehead atoms. The second-order valence-electron chi connectivity index (χ2n) is 5.89. The molecule has 0 fully saturated rings. The summed E-state index contributed by atoms with van der Waals surface area (Å²) >= 11 is 0. The van der Waals surface area contributed by atoms with E-state index in [0.717, 1.165) is 16.8 Å². The van der Waals surface area contributed by atoms with Crippen molar-refractivity contribution < 1.29 is 13.9 Å². The van der Waals surface area contributed by atoms with E-state index in [1.54, 1.807) is 24.3 Å². The third-order valence-electron chi connectivity index (χ3n) is 3.92. The third-order valence-corrected chi connectivity index (χ3v) is 3.92. The first kappa shape index (κ1) is 16.6. The minimum Gasteiger partial charge on any atom is -0.455 e. The van der Waals surface area contributed by atoms with E-state index in [0.29, 0.717) is 17.1 Å². The van der Waals surface area contributed by atoms with Crippen LogP contribution in [0.4, 0.5) is 0 Å². The number of aromatic nitrogens is 5. The van der Waals surface area contributed by atoms with Crippen LogP contribution in [0.1, 0.15) is 21.6 Å². The van der Waals surface area contributed by atoms with E-state index < -0.39 is 5.97 Å². The summed E-state index contributed by atoms with van der Waals surface area (Å²) in [5.41, 5.74) is 3.75. The summed E-state index contributed by atoms with van der Waals surface area (Å²) < 4.78 is 12.3. The molecule has 4 rings (SSSR count). The maximum atomic E-state index is 12.2. The second-order valence-corrected chi connectivity index (χ2v) is 5.89. The molecule has 4 aromatic rings. The largest absolute Gasteiger partial charge is 0.455 e. The Balaban J connectivity index is 1.38. The number of rotatable bonds is 5. The van der Waals surface area contributed by atoms with Crippen molar-refractivity contribution in [2.45, 2.75) is 13.5 Å². The first-order chi connectivity index (χ1) is 13.2. The minimum absolute atomic E-state index is 0.0307. The van der Waals surface area contributed by atoms with E-state index >= 15 is 0 Å². The Kier molecular flexibility index (Phi) is 4.44. The number of tetrazole rings is 1. The van der Waals surface area contributed by atoms with Gasteiger partial charge in [0.1, 0.15) is 24.9 Å². The molecule has 0 amide bonds. The van der Waals surface area contributed by atoms with Crippen molar-refractivity contribution in [3.63, 3.8) is 0 Å². The van der Waals surface area contributed by atoms with Gasteiger partial charge in [0, 0.05) is 5.56 Å². The number of ether oxygens (including phenoxy) is 1. The van der Waals surface area contributed by atoms with E-state index in [4.69, 9.17) is 9.15 Å². The van der Waals surface area contributed by atoms with Gasteiger partial charge in [0.05, 0.1) is 11.3 Å². The van der Waals surface area contributed by atoms with Crippen LogP contribution in [-0.2, 0) is 11.3 Å². The van der Waals surface area contributed by atoms with Crippen molar-refractivity contribution in [2.24, 2.45) is 0 Å². The molecule has 0 spiro atoms. The van der Waals surface area contributed by atoms with Crippen molar-refractivity contribution >= 4 is 5.97 Å². The van der Waals surface area contributed by atoms with Gasteiger partial charge in [-0.15, -0.1) is 5.10 Å². The molecule has 134 valence electrons. The van der Waals surface area contributed by atoms with Crippen molar-refractivity contribution in [1.82, 2.24) is 25.2 Å². The zero-order chi connectivity index (χ0) is 18.6. The van der Waals surface area contributed by atoms with Gasteiger partial charge in [0.15, 0.2) is 0 Å². The molecule has 0 unspecified atom stereocenters. The highest BCUT2D eigenvalue weighted by molar-refractivity contribution is 5.89. The fourth-order valence-electron chi connectivity index (χ4n) is 2.45. The van der Waals surface area contributed by atoms with Gasteiger partial charge in [-0.05, 0) is 53.7 Å². The second kappa shape index (κ2) is 7.20. The lowest BCUT2D eigenvalue weighted by Gasteiger charge is -2.04. The molecule has 8 heteroatoms. The number of benzene rings is 2. The SMILES string of the molecule is Cc1ccc(-c2nc(COC(=O)c3ccc(-n4cnnn4)cc3)co2)cc1. The maximum absolute atomic E-state index is 12.2. The Morgan fingerprint density at radius 1 is 1.11 bits per heavy atom. The summed E-state index contributed by atoms with van der Waals surface area (Å²) in [6, 6.07) is 14.6. The lowest BCUT2D eigenvalue weighted by molar-refractivity contribution is 0.0468. The summed E-state index contributed by atoms with van der Waals surface area (Å²) in [5.74, 6) is 0.0463. The molecule has 2 heterocycles. The van der Waals surface area contributed by atoms with Crippen LogP contribution in [0.25, 0.3) is 17.1 Å². The molecule has 8 nitrogen and oxygen atoms in total. The van der Waals surface area contributed by atoms with Crippen LogP contribution in [0, 0.1) is 6.92 Å². The summed E-state index contributed by atoms with van der Waals surface area (Å²) in [4.78, 5) is 16.6. The number of aryl methyl sites for hydroxylation is 1. The van der Waals surface area contributed by atoms with E-state index in [2.05, 4.69) is 20.5 Å². The predicted molar refractivity (Wildman–Crippen MR) is 94.9 cm³/mol. The normalized spacial score (nSPS) is 10.7. The van der Waals surface area contributed by atoms with Gasteiger partial charge in [0.25, 0.3) is 0 Å². The van der Waals surface area contributed by atoms with Crippen molar-refractivity contribution in [2.75, 3.05) is 0 Å². The topological polar surface area (TPSA) is 95.9 Å². The minimum atomic E-state index is -0.446. The van der Waals surface area contributed by atoms with Gasteiger partial charge in [-0.25, -0.2) is 14.5 Å². The first-order valence-corrected chi connectivity index (χ1v) is 8.21. The number of hydrogen-bond donors (Lipinski definition) is 0. The summed E-state index contributed by atoms with van der Waals surface area (Å²) in [7, 11) is 0. The number of nitrogens with zero attached hydrogens (tertiary/aromatic N) is 5.